The van der Waals surface area contributed by atoms with E-state index in [0.29, 0.717) is 5.69 Å². The van der Waals surface area contributed by atoms with Crippen molar-refractivity contribution in [1.29, 1.82) is 5.41 Å². The van der Waals surface area contributed by atoms with Gasteiger partial charge in [-0.3, -0.25) is 0 Å². The zero-order valence-electron chi connectivity index (χ0n) is 6.29. The molecule has 0 bridgehead atoms. The van der Waals surface area contributed by atoms with Crippen LogP contribution in [0, 0.1) is 5.41 Å². The molecule has 0 fully saturated rings. The van der Waals surface area contributed by atoms with E-state index in [1.807, 2.05) is 0 Å². The summed E-state index contributed by atoms with van der Waals surface area (Å²) in [5.41, 5.74) is 16.9. The molecule has 1 aromatic rings. The standard InChI is InChI=1S/C7H10N4O/c8-3-1-4(9)6(7(11)12)5(10)2-3/h1-2H,8-10H2,(H2,11,12)/p-1. The first-order chi connectivity index (χ1) is 5.52. The first-order valence-electron chi connectivity index (χ1n) is 3.22. The van der Waals surface area contributed by atoms with Crippen molar-refractivity contribution in [2.45, 2.75) is 0 Å². The third-order valence-corrected chi connectivity index (χ3v) is 1.45. The number of nitrogen functional groups attached to an aromatic ring is 3. The summed E-state index contributed by atoms with van der Waals surface area (Å²) in [7, 11) is 0. The van der Waals surface area contributed by atoms with E-state index in [2.05, 4.69) is 0 Å². The SMILES string of the molecule is N=C([O-])c1c(N)cc(N)cc1N. The zero-order chi connectivity index (χ0) is 9.30. The summed E-state index contributed by atoms with van der Waals surface area (Å²) >= 11 is 0. The molecule has 64 valence electrons. The van der Waals surface area contributed by atoms with Crippen molar-refractivity contribution >= 4 is 23.0 Å². The highest BCUT2D eigenvalue weighted by Gasteiger charge is 2.03. The van der Waals surface area contributed by atoms with Crippen LogP contribution < -0.4 is 22.3 Å². The number of benzene rings is 1. The van der Waals surface area contributed by atoms with Gasteiger partial charge in [0, 0.05) is 22.6 Å². The molecular weight excluding hydrogens is 156 g/mol. The first-order valence-corrected chi connectivity index (χ1v) is 3.22. The van der Waals surface area contributed by atoms with Crippen molar-refractivity contribution in [3.05, 3.63) is 17.7 Å². The van der Waals surface area contributed by atoms with Crippen LogP contribution in [0.2, 0.25) is 0 Å². The minimum Gasteiger partial charge on any atom is -0.859 e. The largest absolute Gasteiger partial charge is 0.859 e. The molecule has 5 heteroatoms. The molecule has 1 rings (SSSR count). The third kappa shape index (κ3) is 1.24. The minimum atomic E-state index is -0.898. The smallest absolute Gasteiger partial charge is 0.0438 e. The van der Waals surface area contributed by atoms with Crippen molar-refractivity contribution in [2.75, 3.05) is 17.2 Å². The third-order valence-electron chi connectivity index (χ3n) is 1.45. The number of nitrogens with one attached hydrogen (secondary N) is 1. The first kappa shape index (κ1) is 8.19. The molecule has 0 spiro atoms. The molecule has 0 unspecified atom stereocenters. The molecule has 0 aliphatic rings. The van der Waals surface area contributed by atoms with Crippen LogP contribution in [0.25, 0.3) is 0 Å². The summed E-state index contributed by atoms with van der Waals surface area (Å²) < 4.78 is 0. The molecule has 0 aliphatic carbocycles. The van der Waals surface area contributed by atoms with Gasteiger partial charge < -0.3 is 27.7 Å². The lowest BCUT2D eigenvalue weighted by molar-refractivity contribution is -0.214. The fourth-order valence-corrected chi connectivity index (χ4v) is 0.974. The van der Waals surface area contributed by atoms with Crippen molar-refractivity contribution in [2.24, 2.45) is 0 Å². The summed E-state index contributed by atoms with van der Waals surface area (Å²) in [6, 6.07) is 2.80. The van der Waals surface area contributed by atoms with E-state index in [0.717, 1.165) is 0 Å². The van der Waals surface area contributed by atoms with E-state index in [1.54, 1.807) is 0 Å². The maximum Gasteiger partial charge on any atom is 0.0438 e. The van der Waals surface area contributed by atoms with E-state index in [-0.39, 0.29) is 16.9 Å². The summed E-state index contributed by atoms with van der Waals surface area (Å²) in [6.07, 6.45) is 0. The topological polar surface area (TPSA) is 125 Å². The molecular formula is C7H9N4O-. The van der Waals surface area contributed by atoms with Crippen molar-refractivity contribution < 1.29 is 5.11 Å². The van der Waals surface area contributed by atoms with Gasteiger partial charge in [0.25, 0.3) is 0 Å². The van der Waals surface area contributed by atoms with Gasteiger partial charge >= 0.3 is 0 Å². The van der Waals surface area contributed by atoms with E-state index in [1.165, 1.54) is 12.1 Å². The monoisotopic (exact) mass is 165 g/mol. The molecule has 0 saturated heterocycles. The number of hydrogen-bond acceptors (Lipinski definition) is 5. The fourth-order valence-electron chi connectivity index (χ4n) is 0.974. The highest BCUT2D eigenvalue weighted by molar-refractivity contribution is 6.00. The molecule has 12 heavy (non-hydrogen) atoms. The number of anilines is 3. The second kappa shape index (κ2) is 2.61. The second-order valence-electron chi connectivity index (χ2n) is 2.40. The highest BCUT2D eigenvalue weighted by atomic mass is 16.3. The average Bonchev–Trinajstić information content (AvgIpc) is 1.82. The molecule has 7 N–H and O–H groups in total. The minimum absolute atomic E-state index is 0.0178. The Labute approximate surface area is 69.3 Å². The number of nitrogens with two attached hydrogens (primary N) is 3. The Morgan fingerprint density at radius 1 is 1.17 bits per heavy atom. The van der Waals surface area contributed by atoms with E-state index >= 15 is 0 Å². The summed E-state index contributed by atoms with van der Waals surface area (Å²) in [5, 5.41) is 17.5. The van der Waals surface area contributed by atoms with Crippen LogP contribution in [-0.4, -0.2) is 5.90 Å². The number of rotatable bonds is 1. The highest BCUT2D eigenvalue weighted by Crippen LogP contribution is 2.22. The Morgan fingerprint density at radius 3 is 1.92 bits per heavy atom. The van der Waals surface area contributed by atoms with Crippen LogP contribution in [0.15, 0.2) is 12.1 Å². The van der Waals surface area contributed by atoms with Gasteiger partial charge in [0.2, 0.25) is 0 Å². The molecule has 0 aromatic heterocycles. The molecule has 0 aliphatic heterocycles. The molecule has 0 radical (unpaired) electrons. The van der Waals surface area contributed by atoms with Crippen LogP contribution in [0.3, 0.4) is 0 Å². The van der Waals surface area contributed by atoms with Gasteiger partial charge in [-0.1, -0.05) is 0 Å². The van der Waals surface area contributed by atoms with E-state index in [4.69, 9.17) is 22.6 Å². The van der Waals surface area contributed by atoms with Gasteiger partial charge in [-0.05, 0) is 18.0 Å². The molecule has 5 nitrogen and oxygen atoms in total. The Kier molecular flexibility index (Phi) is 1.78. The van der Waals surface area contributed by atoms with Crippen molar-refractivity contribution in [3.8, 4) is 0 Å². The predicted octanol–water partition coefficient (Wildman–Crippen LogP) is -0.881. The Bertz CT molecular complexity index is 311. The van der Waals surface area contributed by atoms with Gasteiger partial charge in [-0.25, -0.2) is 0 Å². The van der Waals surface area contributed by atoms with Crippen LogP contribution in [0.5, 0.6) is 0 Å². The molecule has 1 aromatic carbocycles. The molecule has 0 atom stereocenters. The summed E-state index contributed by atoms with van der Waals surface area (Å²) in [5.74, 6) is -0.898. The van der Waals surface area contributed by atoms with Gasteiger partial charge in [-0.2, -0.15) is 0 Å². The maximum atomic E-state index is 10.7. The lowest BCUT2D eigenvalue weighted by atomic mass is 10.1. The normalized spacial score (nSPS) is 9.67. The fraction of sp³-hybridized carbons (Fsp3) is 0. The zero-order valence-corrected chi connectivity index (χ0v) is 6.29. The van der Waals surface area contributed by atoms with Gasteiger partial charge in [0.15, 0.2) is 0 Å². The van der Waals surface area contributed by atoms with Gasteiger partial charge in [0.1, 0.15) is 0 Å². The maximum absolute atomic E-state index is 10.7. The quantitative estimate of drug-likeness (QED) is 0.245. The van der Waals surface area contributed by atoms with Crippen LogP contribution in [-0.2, 0) is 0 Å². The van der Waals surface area contributed by atoms with E-state index < -0.39 is 5.90 Å². The lowest BCUT2D eigenvalue weighted by Crippen LogP contribution is -2.20. The van der Waals surface area contributed by atoms with Crippen LogP contribution in [0.4, 0.5) is 17.1 Å². The lowest BCUT2D eigenvalue weighted by Gasteiger charge is -2.13. The Morgan fingerprint density at radius 2 is 1.58 bits per heavy atom. The second-order valence-corrected chi connectivity index (χ2v) is 2.40. The van der Waals surface area contributed by atoms with E-state index in [9.17, 15) is 5.11 Å². The molecule has 0 heterocycles. The van der Waals surface area contributed by atoms with Gasteiger partial charge in [-0.15, -0.1) is 0 Å². The number of hydrogen-bond donors (Lipinski definition) is 4. The Hall–Kier alpha value is -1.91. The van der Waals surface area contributed by atoms with Gasteiger partial charge in [0.05, 0.1) is 0 Å². The van der Waals surface area contributed by atoms with Crippen molar-refractivity contribution in [1.82, 2.24) is 0 Å². The van der Waals surface area contributed by atoms with Crippen LogP contribution in [0.1, 0.15) is 5.56 Å². The van der Waals surface area contributed by atoms with Crippen molar-refractivity contribution in [3.63, 3.8) is 0 Å². The van der Waals surface area contributed by atoms with Crippen LogP contribution >= 0.6 is 0 Å². The molecule has 0 saturated carbocycles. The summed E-state index contributed by atoms with van der Waals surface area (Å²) in [6.45, 7) is 0. The Balaban J connectivity index is 3.38. The average molecular weight is 165 g/mol. The molecule has 0 amide bonds. The predicted molar refractivity (Wildman–Crippen MR) is 46.5 cm³/mol. The summed E-state index contributed by atoms with van der Waals surface area (Å²) in [4.78, 5) is 0.